The van der Waals surface area contributed by atoms with Gasteiger partial charge in [-0.2, -0.15) is 4.98 Å². The monoisotopic (exact) mass is 286 g/mol. The number of benzene rings is 1. The second-order valence-electron chi connectivity index (χ2n) is 4.45. The van der Waals surface area contributed by atoms with Gasteiger partial charge in [0.05, 0.1) is 16.4 Å². The largest absolute Gasteiger partial charge is 0.337 e. The summed E-state index contributed by atoms with van der Waals surface area (Å²) >= 11 is 1.47. The van der Waals surface area contributed by atoms with Gasteiger partial charge in [0.25, 0.3) is 0 Å². The molecule has 5 nitrogen and oxygen atoms in total. The fourth-order valence-electron chi connectivity index (χ4n) is 1.90. The van der Waals surface area contributed by atoms with Crippen LogP contribution in [0.25, 0.3) is 10.7 Å². The lowest BCUT2D eigenvalue weighted by Gasteiger charge is -2.06. The minimum atomic E-state index is -0.246. The lowest BCUT2D eigenvalue weighted by Crippen LogP contribution is -2.11. The standard InChI is InChI=1S/C14H14N4OS/c15-11(7-6-10-4-2-1-3-5-10)14-17-13(18-19-14)12-8-16-9-20-12/h1-5,8-9,11H,6-7,15H2/t11-/m0/s1. The predicted octanol–water partition coefficient (Wildman–Crippen LogP) is 2.83. The lowest BCUT2D eigenvalue weighted by atomic mass is 10.1. The molecule has 0 unspecified atom stereocenters. The van der Waals surface area contributed by atoms with Crippen LogP contribution >= 0.6 is 11.3 Å². The summed E-state index contributed by atoms with van der Waals surface area (Å²) in [5.74, 6) is 1.03. The van der Waals surface area contributed by atoms with Gasteiger partial charge in [-0.25, -0.2) is 0 Å². The van der Waals surface area contributed by atoms with E-state index >= 15 is 0 Å². The smallest absolute Gasteiger partial charge is 0.243 e. The van der Waals surface area contributed by atoms with Gasteiger partial charge < -0.3 is 10.3 Å². The van der Waals surface area contributed by atoms with Crippen LogP contribution in [-0.2, 0) is 6.42 Å². The molecule has 2 heterocycles. The van der Waals surface area contributed by atoms with Crippen molar-refractivity contribution in [1.82, 2.24) is 15.1 Å². The van der Waals surface area contributed by atoms with Gasteiger partial charge in [-0.15, -0.1) is 11.3 Å². The zero-order valence-corrected chi connectivity index (χ0v) is 11.6. The summed E-state index contributed by atoms with van der Waals surface area (Å²) in [7, 11) is 0. The van der Waals surface area contributed by atoms with E-state index in [1.807, 2.05) is 18.2 Å². The Morgan fingerprint density at radius 2 is 2.10 bits per heavy atom. The van der Waals surface area contributed by atoms with Crippen LogP contribution in [0.5, 0.6) is 0 Å². The summed E-state index contributed by atoms with van der Waals surface area (Å²) in [6.45, 7) is 0. The molecule has 20 heavy (non-hydrogen) atoms. The number of nitrogens with two attached hydrogens (primary N) is 1. The minimum Gasteiger partial charge on any atom is -0.337 e. The van der Waals surface area contributed by atoms with Gasteiger partial charge in [-0.1, -0.05) is 35.5 Å². The third kappa shape index (κ3) is 2.92. The van der Waals surface area contributed by atoms with E-state index in [4.69, 9.17) is 10.3 Å². The first-order chi connectivity index (χ1) is 9.83. The highest BCUT2D eigenvalue weighted by Crippen LogP contribution is 2.22. The first-order valence-corrected chi connectivity index (χ1v) is 7.23. The van der Waals surface area contributed by atoms with Gasteiger partial charge in [0.15, 0.2) is 0 Å². The Bertz CT molecular complexity index is 651. The summed E-state index contributed by atoms with van der Waals surface area (Å²) in [6, 6.07) is 9.98. The molecule has 0 amide bonds. The summed E-state index contributed by atoms with van der Waals surface area (Å²) in [5.41, 5.74) is 9.09. The zero-order valence-electron chi connectivity index (χ0n) is 10.8. The fraction of sp³-hybridized carbons (Fsp3) is 0.214. The van der Waals surface area contributed by atoms with Crippen molar-refractivity contribution in [3.05, 3.63) is 53.5 Å². The van der Waals surface area contributed by atoms with Crippen LogP contribution in [0.15, 0.2) is 46.6 Å². The summed E-state index contributed by atoms with van der Waals surface area (Å²) in [5, 5.41) is 3.94. The van der Waals surface area contributed by atoms with Crippen LogP contribution in [-0.4, -0.2) is 15.1 Å². The third-order valence-electron chi connectivity index (χ3n) is 3.00. The van der Waals surface area contributed by atoms with E-state index in [9.17, 15) is 0 Å². The van der Waals surface area contributed by atoms with Crippen LogP contribution in [0.2, 0.25) is 0 Å². The molecule has 0 aliphatic heterocycles. The van der Waals surface area contributed by atoms with Crippen molar-refractivity contribution in [2.45, 2.75) is 18.9 Å². The van der Waals surface area contributed by atoms with Crippen LogP contribution in [0, 0.1) is 0 Å². The quantitative estimate of drug-likeness (QED) is 0.780. The number of hydrogen-bond donors (Lipinski definition) is 1. The normalized spacial score (nSPS) is 12.4. The molecular weight excluding hydrogens is 272 g/mol. The van der Waals surface area contributed by atoms with E-state index in [2.05, 4.69) is 27.3 Å². The molecule has 0 fully saturated rings. The highest BCUT2D eigenvalue weighted by atomic mass is 32.1. The third-order valence-corrected chi connectivity index (χ3v) is 3.77. The zero-order chi connectivity index (χ0) is 13.8. The Morgan fingerprint density at radius 1 is 1.25 bits per heavy atom. The Morgan fingerprint density at radius 3 is 2.85 bits per heavy atom. The Kier molecular flexibility index (Phi) is 3.85. The average Bonchev–Trinajstić information content (AvgIpc) is 3.16. The van der Waals surface area contributed by atoms with E-state index in [1.54, 1.807) is 11.7 Å². The van der Waals surface area contributed by atoms with Gasteiger partial charge in [0, 0.05) is 6.20 Å². The molecule has 0 aliphatic rings. The molecule has 1 atom stereocenters. The number of nitrogens with zero attached hydrogens (tertiary/aromatic N) is 3. The van der Waals surface area contributed by atoms with Gasteiger partial charge in [0.1, 0.15) is 0 Å². The molecule has 0 radical (unpaired) electrons. The topological polar surface area (TPSA) is 77.8 Å². The molecule has 6 heteroatoms. The number of aromatic nitrogens is 3. The first-order valence-electron chi connectivity index (χ1n) is 6.35. The highest BCUT2D eigenvalue weighted by Gasteiger charge is 2.16. The molecular formula is C14H14N4OS. The van der Waals surface area contributed by atoms with Crippen molar-refractivity contribution < 1.29 is 4.52 Å². The molecule has 1 aromatic carbocycles. The van der Waals surface area contributed by atoms with Crippen LogP contribution < -0.4 is 5.73 Å². The van der Waals surface area contributed by atoms with E-state index in [-0.39, 0.29) is 6.04 Å². The second-order valence-corrected chi connectivity index (χ2v) is 5.34. The molecule has 0 bridgehead atoms. The maximum absolute atomic E-state index is 6.10. The molecule has 2 N–H and O–H groups in total. The van der Waals surface area contributed by atoms with Crippen molar-refractivity contribution in [2.75, 3.05) is 0 Å². The summed E-state index contributed by atoms with van der Waals surface area (Å²) < 4.78 is 5.23. The lowest BCUT2D eigenvalue weighted by molar-refractivity contribution is 0.349. The van der Waals surface area contributed by atoms with Gasteiger partial charge >= 0.3 is 0 Å². The molecule has 0 spiro atoms. The van der Waals surface area contributed by atoms with Crippen LogP contribution in [0.1, 0.15) is 23.9 Å². The SMILES string of the molecule is N[C@@H](CCc1ccccc1)c1nc(-c2cncs2)no1. The number of rotatable bonds is 5. The summed E-state index contributed by atoms with van der Waals surface area (Å²) in [4.78, 5) is 9.21. The predicted molar refractivity (Wildman–Crippen MR) is 77.1 cm³/mol. The van der Waals surface area contributed by atoms with Crippen molar-refractivity contribution >= 4 is 11.3 Å². The van der Waals surface area contributed by atoms with Crippen molar-refractivity contribution in [2.24, 2.45) is 5.73 Å². The van der Waals surface area contributed by atoms with Crippen molar-refractivity contribution in [3.8, 4) is 10.7 Å². The maximum atomic E-state index is 6.10. The van der Waals surface area contributed by atoms with Crippen molar-refractivity contribution in [3.63, 3.8) is 0 Å². The molecule has 0 saturated heterocycles. The van der Waals surface area contributed by atoms with Crippen molar-refractivity contribution in [1.29, 1.82) is 0 Å². The number of aryl methyl sites for hydroxylation is 1. The second kappa shape index (κ2) is 5.94. The highest BCUT2D eigenvalue weighted by molar-refractivity contribution is 7.13. The van der Waals surface area contributed by atoms with Crippen LogP contribution in [0.4, 0.5) is 0 Å². The Hall–Kier alpha value is -2.05. The van der Waals surface area contributed by atoms with E-state index in [0.717, 1.165) is 17.7 Å². The maximum Gasteiger partial charge on any atom is 0.243 e. The molecule has 3 rings (SSSR count). The molecule has 2 aromatic heterocycles. The Labute approximate surface area is 120 Å². The van der Waals surface area contributed by atoms with E-state index < -0.39 is 0 Å². The number of hydrogen-bond acceptors (Lipinski definition) is 6. The van der Waals surface area contributed by atoms with Gasteiger partial charge in [0.2, 0.25) is 11.7 Å². The van der Waals surface area contributed by atoms with E-state index in [0.29, 0.717) is 11.7 Å². The molecule has 3 aromatic rings. The number of thiazole rings is 1. The van der Waals surface area contributed by atoms with E-state index in [1.165, 1.54) is 16.9 Å². The molecule has 0 saturated carbocycles. The average molecular weight is 286 g/mol. The molecule has 0 aliphatic carbocycles. The minimum absolute atomic E-state index is 0.246. The first kappa shape index (κ1) is 13.0. The summed E-state index contributed by atoms with van der Waals surface area (Å²) in [6.07, 6.45) is 3.38. The van der Waals surface area contributed by atoms with Gasteiger partial charge in [-0.05, 0) is 18.4 Å². The van der Waals surface area contributed by atoms with Crippen LogP contribution in [0.3, 0.4) is 0 Å². The van der Waals surface area contributed by atoms with Gasteiger partial charge in [-0.3, -0.25) is 4.98 Å². The molecule has 102 valence electrons. The Balaban J connectivity index is 1.64. The fourth-order valence-corrected chi connectivity index (χ4v) is 2.45.